The van der Waals surface area contributed by atoms with Gasteiger partial charge >= 0.3 is 12.4 Å². The van der Waals surface area contributed by atoms with Gasteiger partial charge < -0.3 is 14.5 Å². The first kappa shape index (κ1) is 23.6. The van der Waals surface area contributed by atoms with E-state index in [1.165, 1.54) is 6.07 Å². The minimum absolute atomic E-state index is 0.0478. The van der Waals surface area contributed by atoms with Crippen molar-refractivity contribution in [3.05, 3.63) is 46.0 Å². The van der Waals surface area contributed by atoms with Crippen LogP contribution in [0, 0.1) is 0 Å². The van der Waals surface area contributed by atoms with E-state index in [1.54, 1.807) is 0 Å². The van der Waals surface area contributed by atoms with Crippen molar-refractivity contribution in [1.82, 2.24) is 14.5 Å². The molecular weight excluding hydrogens is 484 g/mol. The minimum atomic E-state index is -4.74. The number of hydrogen-bond donors (Lipinski definition) is 0. The fraction of sp³-hybridized carbons (Fsp3) is 0.524. The summed E-state index contributed by atoms with van der Waals surface area (Å²) in [5, 5.41) is 0. The molecule has 2 bridgehead atoms. The van der Waals surface area contributed by atoms with Crippen LogP contribution in [-0.2, 0) is 17.5 Å². The average Bonchev–Trinajstić information content (AvgIpc) is 3.42. The standard InChI is InChI=1S/C21H19F6N5O3/c22-20(23,24)15-2-1-11(7-28-15)14(33)9-32-16(21(25,26)27)3-4-30-18(34)6-17(29-19(30)32)31-8-13-5-12(31)10-35-13/h1-2,6-7,12-13,16H,3-5,8-10H2/t12-,13-,16?/m0/s1. The number of ether oxygens (including phenoxy) is 1. The van der Waals surface area contributed by atoms with Crippen LogP contribution in [-0.4, -0.2) is 64.4 Å². The fourth-order valence-corrected chi connectivity index (χ4v) is 4.78. The number of pyridine rings is 1. The minimum Gasteiger partial charge on any atom is -0.374 e. The Morgan fingerprint density at radius 1 is 1.17 bits per heavy atom. The van der Waals surface area contributed by atoms with Gasteiger partial charge in [-0.25, -0.2) is 0 Å². The molecule has 0 amide bonds. The van der Waals surface area contributed by atoms with E-state index < -0.39 is 48.4 Å². The summed E-state index contributed by atoms with van der Waals surface area (Å²) < 4.78 is 86.7. The third-order valence-electron chi connectivity index (χ3n) is 6.50. The second kappa shape index (κ2) is 8.21. The number of nitrogens with zero attached hydrogens (tertiary/aromatic N) is 5. The molecule has 14 heteroatoms. The van der Waals surface area contributed by atoms with E-state index in [2.05, 4.69) is 9.97 Å². The highest BCUT2D eigenvalue weighted by molar-refractivity contribution is 5.99. The molecule has 0 spiro atoms. The summed E-state index contributed by atoms with van der Waals surface area (Å²) in [4.78, 5) is 35.7. The van der Waals surface area contributed by atoms with E-state index in [1.807, 2.05) is 4.90 Å². The first-order chi connectivity index (χ1) is 16.4. The van der Waals surface area contributed by atoms with Crippen molar-refractivity contribution in [2.75, 3.05) is 29.5 Å². The fourth-order valence-electron chi connectivity index (χ4n) is 4.78. The zero-order valence-electron chi connectivity index (χ0n) is 18.0. The summed E-state index contributed by atoms with van der Waals surface area (Å²) in [5.41, 5.74) is -2.07. The quantitative estimate of drug-likeness (QED) is 0.469. The summed E-state index contributed by atoms with van der Waals surface area (Å²) in [6, 6.07) is 0.560. The largest absolute Gasteiger partial charge is 0.433 e. The van der Waals surface area contributed by atoms with Gasteiger partial charge in [0, 0.05) is 30.9 Å². The van der Waals surface area contributed by atoms with Crippen LogP contribution >= 0.6 is 0 Å². The summed E-state index contributed by atoms with van der Waals surface area (Å²) in [5.74, 6) is -0.992. The Morgan fingerprint density at radius 3 is 2.51 bits per heavy atom. The van der Waals surface area contributed by atoms with Crippen molar-refractivity contribution >= 4 is 17.5 Å². The van der Waals surface area contributed by atoms with Gasteiger partial charge in [0.1, 0.15) is 17.6 Å². The highest BCUT2D eigenvalue weighted by Crippen LogP contribution is 2.36. The first-order valence-corrected chi connectivity index (χ1v) is 10.8. The van der Waals surface area contributed by atoms with E-state index in [-0.39, 0.29) is 36.0 Å². The lowest BCUT2D eigenvalue weighted by Gasteiger charge is -2.39. The van der Waals surface area contributed by atoms with Crippen molar-refractivity contribution in [1.29, 1.82) is 0 Å². The maximum atomic E-state index is 13.9. The lowest BCUT2D eigenvalue weighted by Crippen LogP contribution is -2.54. The third-order valence-corrected chi connectivity index (χ3v) is 6.50. The number of alkyl halides is 6. The molecule has 2 aromatic heterocycles. The summed E-state index contributed by atoms with van der Waals surface area (Å²) >= 11 is 0. The van der Waals surface area contributed by atoms with Crippen LogP contribution in [0.2, 0.25) is 0 Å². The number of fused-ring (bicyclic) bond motifs is 3. The van der Waals surface area contributed by atoms with E-state index in [0.29, 0.717) is 36.7 Å². The van der Waals surface area contributed by atoms with Gasteiger partial charge in [0.05, 0.1) is 25.3 Å². The van der Waals surface area contributed by atoms with Gasteiger partial charge in [0.2, 0.25) is 5.95 Å². The number of carbonyl (C=O) groups excluding carboxylic acids is 1. The van der Waals surface area contributed by atoms with E-state index in [0.717, 1.165) is 10.6 Å². The summed E-state index contributed by atoms with van der Waals surface area (Å²) in [6.07, 6.45) is -8.61. The monoisotopic (exact) mass is 503 g/mol. The number of halogens is 6. The Morgan fingerprint density at radius 2 is 1.94 bits per heavy atom. The molecule has 3 aliphatic rings. The average molecular weight is 503 g/mol. The predicted molar refractivity (Wildman–Crippen MR) is 109 cm³/mol. The molecule has 5 rings (SSSR count). The predicted octanol–water partition coefficient (Wildman–Crippen LogP) is 2.66. The molecule has 0 radical (unpaired) electrons. The number of carbonyl (C=O) groups is 1. The van der Waals surface area contributed by atoms with Crippen LogP contribution in [0.3, 0.4) is 0 Å². The molecule has 8 nitrogen and oxygen atoms in total. The van der Waals surface area contributed by atoms with Crippen LogP contribution in [0.5, 0.6) is 0 Å². The molecule has 2 fully saturated rings. The van der Waals surface area contributed by atoms with Gasteiger partial charge in [-0.3, -0.25) is 19.1 Å². The van der Waals surface area contributed by atoms with Crippen molar-refractivity contribution in [3.63, 3.8) is 0 Å². The number of Topliss-reactive ketones (excluding diaryl/α,β-unsaturated/α-hetero) is 1. The molecule has 0 N–H and O–H groups in total. The number of rotatable bonds is 4. The molecule has 3 aliphatic heterocycles. The van der Waals surface area contributed by atoms with Gasteiger partial charge in [-0.1, -0.05) is 0 Å². The number of hydrogen-bond acceptors (Lipinski definition) is 7. The van der Waals surface area contributed by atoms with Crippen LogP contribution in [0.25, 0.3) is 0 Å². The third kappa shape index (κ3) is 4.34. The second-order valence-electron chi connectivity index (χ2n) is 8.73. The summed E-state index contributed by atoms with van der Waals surface area (Å²) in [7, 11) is 0. The van der Waals surface area contributed by atoms with Crippen molar-refractivity contribution in [3.8, 4) is 0 Å². The van der Waals surface area contributed by atoms with Crippen molar-refractivity contribution < 1.29 is 35.9 Å². The molecule has 0 saturated carbocycles. The van der Waals surface area contributed by atoms with E-state index in [4.69, 9.17) is 4.74 Å². The molecule has 0 aliphatic carbocycles. The SMILES string of the molecule is O=C(CN1c2nc(N3C[C@@H]4C[C@H]3CO4)cc(=O)n2CCC1C(F)(F)F)c1ccc(C(F)(F)F)nc1. The lowest BCUT2D eigenvalue weighted by molar-refractivity contribution is -0.152. The molecule has 2 aromatic rings. The number of aromatic nitrogens is 3. The van der Waals surface area contributed by atoms with E-state index >= 15 is 0 Å². The van der Waals surface area contributed by atoms with Crippen LogP contribution < -0.4 is 15.4 Å². The molecule has 5 heterocycles. The molecule has 3 atom stereocenters. The van der Waals surface area contributed by atoms with Gasteiger partial charge in [0.15, 0.2) is 5.78 Å². The van der Waals surface area contributed by atoms with Crippen molar-refractivity contribution in [2.24, 2.45) is 0 Å². The molecule has 1 unspecified atom stereocenters. The molecule has 0 aromatic carbocycles. The second-order valence-corrected chi connectivity index (χ2v) is 8.73. The van der Waals surface area contributed by atoms with Gasteiger partial charge in [-0.05, 0) is 25.0 Å². The Balaban J connectivity index is 1.49. The zero-order valence-corrected chi connectivity index (χ0v) is 18.0. The highest BCUT2D eigenvalue weighted by Gasteiger charge is 2.48. The zero-order chi connectivity index (χ0) is 25.1. The van der Waals surface area contributed by atoms with Crippen LogP contribution in [0.15, 0.2) is 29.2 Å². The smallest absolute Gasteiger partial charge is 0.374 e. The number of anilines is 2. The van der Waals surface area contributed by atoms with Crippen LogP contribution in [0.4, 0.5) is 38.1 Å². The van der Waals surface area contributed by atoms with Crippen molar-refractivity contribution in [2.45, 2.75) is 49.9 Å². The molecule has 2 saturated heterocycles. The lowest BCUT2D eigenvalue weighted by atomic mass is 10.1. The van der Waals surface area contributed by atoms with Crippen LogP contribution in [0.1, 0.15) is 28.9 Å². The number of ketones is 1. The van der Waals surface area contributed by atoms with Gasteiger partial charge in [0.25, 0.3) is 5.56 Å². The Hall–Kier alpha value is -3.16. The molecule has 188 valence electrons. The van der Waals surface area contributed by atoms with E-state index in [9.17, 15) is 35.9 Å². The Bertz CT molecular complexity index is 1200. The topological polar surface area (TPSA) is 80.6 Å². The number of morpholine rings is 1. The highest BCUT2D eigenvalue weighted by atomic mass is 19.4. The first-order valence-electron chi connectivity index (χ1n) is 10.8. The molecular formula is C21H19F6N5O3. The van der Waals surface area contributed by atoms with Gasteiger partial charge in [-0.2, -0.15) is 31.3 Å². The summed E-state index contributed by atoms with van der Waals surface area (Å²) in [6.45, 7) is -0.228. The maximum Gasteiger partial charge on any atom is 0.433 e. The Labute approximate surface area is 194 Å². The molecule has 35 heavy (non-hydrogen) atoms. The van der Waals surface area contributed by atoms with Gasteiger partial charge in [-0.15, -0.1) is 0 Å². The maximum absolute atomic E-state index is 13.9. The Kier molecular flexibility index (Phi) is 5.53. The normalized spacial score (nSPS) is 24.1.